The number of carbonyl (C=O) groups excluding carboxylic acids is 2. The Labute approximate surface area is 229 Å². The predicted molar refractivity (Wildman–Crippen MR) is 155 cm³/mol. The maximum atomic E-state index is 13.6. The molecule has 0 spiro atoms. The maximum Gasteiger partial charge on any atom is 0.265 e. The van der Waals surface area contributed by atoms with Gasteiger partial charge in [-0.2, -0.15) is 0 Å². The van der Waals surface area contributed by atoms with Crippen molar-refractivity contribution in [2.75, 3.05) is 31.1 Å². The van der Waals surface area contributed by atoms with Gasteiger partial charge in [-0.15, -0.1) is 0 Å². The van der Waals surface area contributed by atoms with Crippen LogP contribution >= 0.6 is 11.8 Å². The summed E-state index contributed by atoms with van der Waals surface area (Å²) in [6.07, 6.45) is 7.17. The molecule has 0 bridgehead atoms. The number of amides is 2. The van der Waals surface area contributed by atoms with Crippen LogP contribution in [0.1, 0.15) is 52.7 Å². The zero-order chi connectivity index (χ0) is 26.3. The quantitative estimate of drug-likeness (QED) is 0.432. The number of aryl methyl sites for hydroxylation is 1. The number of anilines is 1. The van der Waals surface area contributed by atoms with E-state index in [9.17, 15) is 9.59 Å². The van der Waals surface area contributed by atoms with E-state index in [4.69, 9.17) is 0 Å². The van der Waals surface area contributed by atoms with Gasteiger partial charge in [-0.3, -0.25) is 9.59 Å². The van der Waals surface area contributed by atoms with E-state index in [0.717, 1.165) is 28.3 Å². The van der Waals surface area contributed by atoms with E-state index in [-0.39, 0.29) is 11.8 Å². The summed E-state index contributed by atoms with van der Waals surface area (Å²) >= 11 is 1.50. The van der Waals surface area contributed by atoms with Gasteiger partial charge in [0.05, 0.1) is 43.3 Å². The van der Waals surface area contributed by atoms with Gasteiger partial charge in [0, 0.05) is 10.5 Å². The van der Waals surface area contributed by atoms with E-state index in [2.05, 4.69) is 36.5 Å². The van der Waals surface area contributed by atoms with E-state index in [1.165, 1.54) is 56.1 Å². The van der Waals surface area contributed by atoms with Crippen LogP contribution in [0.2, 0.25) is 0 Å². The molecule has 6 heteroatoms. The van der Waals surface area contributed by atoms with Crippen LogP contribution in [0.5, 0.6) is 0 Å². The van der Waals surface area contributed by atoms with Gasteiger partial charge in [-0.1, -0.05) is 65.9 Å². The SMILES string of the molecule is Cc1cccc(CN2C(=O)C(=Cc3ccc(C(=O)NCC[NH+]4CCCCCC4)cc3)Sc3ccccc32)c1. The van der Waals surface area contributed by atoms with E-state index < -0.39 is 0 Å². The Kier molecular flexibility index (Phi) is 8.61. The molecule has 2 N–H and O–H groups in total. The molecule has 1 saturated heterocycles. The number of hydrogen-bond donors (Lipinski definition) is 2. The third-order valence-electron chi connectivity index (χ3n) is 7.30. The molecule has 0 aliphatic carbocycles. The molecule has 2 aliphatic rings. The molecule has 3 aromatic carbocycles. The van der Waals surface area contributed by atoms with Gasteiger partial charge in [0.25, 0.3) is 11.8 Å². The largest absolute Gasteiger partial charge is 0.346 e. The van der Waals surface area contributed by atoms with Crippen molar-refractivity contribution in [3.63, 3.8) is 0 Å². The average Bonchev–Trinajstić information content (AvgIpc) is 3.20. The first-order valence-corrected chi connectivity index (χ1v) is 14.5. The lowest BCUT2D eigenvalue weighted by Crippen LogP contribution is -3.12. The number of rotatable bonds is 7. The van der Waals surface area contributed by atoms with Crippen LogP contribution in [0.15, 0.2) is 82.6 Å². The zero-order valence-corrected chi connectivity index (χ0v) is 22.9. The average molecular weight is 527 g/mol. The van der Waals surface area contributed by atoms with E-state index in [0.29, 0.717) is 23.6 Å². The number of hydrogen-bond acceptors (Lipinski definition) is 3. The van der Waals surface area contributed by atoms with Crippen molar-refractivity contribution in [1.82, 2.24) is 5.32 Å². The molecule has 196 valence electrons. The van der Waals surface area contributed by atoms with Gasteiger partial charge in [0.2, 0.25) is 0 Å². The normalized spacial score (nSPS) is 17.2. The van der Waals surface area contributed by atoms with E-state index >= 15 is 0 Å². The lowest BCUT2D eigenvalue weighted by atomic mass is 10.1. The lowest BCUT2D eigenvalue weighted by molar-refractivity contribution is -0.898. The van der Waals surface area contributed by atoms with Crippen molar-refractivity contribution >= 4 is 35.3 Å². The summed E-state index contributed by atoms with van der Waals surface area (Å²) in [6.45, 7) is 6.69. The molecule has 38 heavy (non-hydrogen) atoms. The van der Waals surface area contributed by atoms with Crippen LogP contribution in [0.4, 0.5) is 5.69 Å². The van der Waals surface area contributed by atoms with Gasteiger partial charge in [0.1, 0.15) is 0 Å². The fourth-order valence-electron chi connectivity index (χ4n) is 5.23. The van der Waals surface area contributed by atoms with Gasteiger partial charge in [-0.25, -0.2) is 0 Å². The number of para-hydroxylation sites is 1. The molecule has 2 aliphatic heterocycles. The lowest BCUT2D eigenvalue weighted by Gasteiger charge is -2.30. The Morgan fingerprint density at radius 1 is 0.974 bits per heavy atom. The number of nitrogens with one attached hydrogen (secondary N) is 2. The van der Waals surface area contributed by atoms with Gasteiger partial charge < -0.3 is 15.1 Å². The Hall–Kier alpha value is -3.35. The minimum absolute atomic E-state index is 0.00645. The second-order valence-corrected chi connectivity index (χ2v) is 11.3. The first kappa shape index (κ1) is 26.3. The predicted octanol–water partition coefficient (Wildman–Crippen LogP) is 4.86. The van der Waals surface area contributed by atoms with Crippen molar-refractivity contribution in [2.24, 2.45) is 0 Å². The number of nitrogens with zero attached hydrogens (tertiary/aromatic N) is 1. The van der Waals surface area contributed by atoms with Crippen molar-refractivity contribution in [1.29, 1.82) is 0 Å². The summed E-state index contributed by atoms with van der Waals surface area (Å²) in [5.41, 5.74) is 4.77. The molecule has 2 amide bonds. The molecular formula is C32H36N3O2S+. The highest BCUT2D eigenvalue weighted by molar-refractivity contribution is 8.04. The number of carbonyl (C=O) groups is 2. The van der Waals surface area contributed by atoms with Crippen molar-refractivity contribution in [3.8, 4) is 0 Å². The first-order valence-electron chi connectivity index (χ1n) is 13.6. The van der Waals surface area contributed by atoms with Crippen molar-refractivity contribution in [3.05, 3.63) is 100.0 Å². The molecule has 0 aromatic heterocycles. The van der Waals surface area contributed by atoms with Gasteiger partial charge in [-0.05, 0) is 74.1 Å². The summed E-state index contributed by atoms with van der Waals surface area (Å²) in [7, 11) is 0. The third-order valence-corrected chi connectivity index (χ3v) is 8.38. The molecule has 0 saturated carbocycles. The Balaban J connectivity index is 1.26. The number of fused-ring (bicyclic) bond motifs is 1. The molecule has 3 aromatic rings. The molecule has 1 fully saturated rings. The number of benzene rings is 3. The number of likely N-dealkylation sites (tertiary alicyclic amines) is 1. The Bertz CT molecular complexity index is 1310. The number of quaternary nitrogens is 1. The molecule has 2 heterocycles. The second kappa shape index (κ2) is 12.5. The molecule has 0 radical (unpaired) electrons. The Morgan fingerprint density at radius 2 is 1.74 bits per heavy atom. The minimum atomic E-state index is -0.0419. The molecule has 5 nitrogen and oxygen atoms in total. The van der Waals surface area contributed by atoms with Gasteiger partial charge >= 0.3 is 0 Å². The maximum absolute atomic E-state index is 13.6. The van der Waals surface area contributed by atoms with E-state index in [1.54, 1.807) is 4.90 Å². The fraction of sp³-hybridized carbons (Fsp3) is 0.312. The molecule has 5 rings (SSSR count). The van der Waals surface area contributed by atoms with Crippen LogP contribution in [-0.4, -0.2) is 38.0 Å². The van der Waals surface area contributed by atoms with Crippen LogP contribution in [-0.2, 0) is 11.3 Å². The molecule has 0 atom stereocenters. The molecule has 0 unspecified atom stereocenters. The summed E-state index contributed by atoms with van der Waals surface area (Å²) in [6, 6.07) is 23.9. The summed E-state index contributed by atoms with van der Waals surface area (Å²) in [5.74, 6) is -0.0483. The standard InChI is InChI=1S/C32H35N3O2S/c1-24-9-8-10-26(21-24)23-35-28-11-4-5-12-29(28)38-30(32(35)37)22-25-13-15-27(16-14-25)31(36)33-17-20-34-18-6-2-3-7-19-34/h4-5,8-16,21-22H,2-3,6-7,17-20,23H2,1H3,(H,33,36)/p+1. The topological polar surface area (TPSA) is 53.9 Å². The smallest absolute Gasteiger partial charge is 0.265 e. The summed E-state index contributed by atoms with van der Waals surface area (Å²) in [5, 5.41) is 3.08. The highest BCUT2D eigenvalue weighted by atomic mass is 32.2. The van der Waals surface area contributed by atoms with Crippen LogP contribution in [0.25, 0.3) is 6.08 Å². The third kappa shape index (κ3) is 6.55. The fourth-order valence-corrected chi connectivity index (χ4v) is 6.29. The van der Waals surface area contributed by atoms with E-state index in [1.807, 2.05) is 59.5 Å². The molecular weight excluding hydrogens is 490 g/mol. The van der Waals surface area contributed by atoms with Crippen molar-refractivity contribution in [2.45, 2.75) is 44.0 Å². The van der Waals surface area contributed by atoms with Crippen LogP contribution in [0.3, 0.4) is 0 Å². The minimum Gasteiger partial charge on any atom is -0.346 e. The van der Waals surface area contributed by atoms with Crippen molar-refractivity contribution < 1.29 is 14.5 Å². The second-order valence-electron chi connectivity index (χ2n) is 10.3. The Morgan fingerprint density at radius 3 is 2.50 bits per heavy atom. The highest BCUT2D eigenvalue weighted by Gasteiger charge is 2.29. The highest BCUT2D eigenvalue weighted by Crippen LogP contribution is 2.42. The zero-order valence-electron chi connectivity index (χ0n) is 22.0. The van der Waals surface area contributed by atoms with Crippen LogP contribution in [0, 0.1) is 6.92 Å². The summed E-state index contributed by atoms with van der Waals surface area (Å²) in [4.78, 5) is 31.5. The summed E-state index contributed by atoms with van der Waals surface area (Å²) < 4.78 is 0. The van der Waals surface area contributed by atoms with Crippen LogP contribution < -0.4 is 15.1 Å². The first-order chi connectivity index (χ1) is 18.6. The number of thioether (sulfide) groups is 1. The monoisotopic (exact) mass is 526 g/mol. The van der Waals surface area contributed by atoms with Gasteiger partial charge in [0.15, 0.2) is 0 Å².